The van der Waals surface area contributed by atoms with Gasteiger partial charge in [0.05, 0.1) is 45.4 Å². The summed E-state index contributed by atoms with van der Waals surface area (Å²) in [6.07, 6.45) is 0. The van der Waals surface area contributed by atoms with Crippen molar-refractivity contribution in [3.8, 4) is 73.6 Å². The van der Waals surface area contributed by atoms with E-state index in [0.29, 0.717) is 11.4 Å². The first-order valence-electron chi connectivity index (χ1n) is 17.1. The highest BCUT2D eigenvalue weighted by atomic mass is 14.9. The second-order valence-corrected chi connectivity index (χ2v) is 12.6. The number of benzene rings is 7. The van der Waals surface area contributed by atoms with E-state index in [-0.39, 0.29) is 0 Å². The summed E-state index contributed by atoms with van der Waals surface area (Å²) in [5.41, 5.74) is 12.6. The van der Waals surface area contributed by atoms with Crippen molar-refractivity contribution in [2.45, 2.75) is 0 Å². The molecular weight excluding hydrogens is 635 g/mol. The molecule has 9 aromatic rings. The van der Waals surface area contributed by atoms with Gasteiger partial charge >= 0.3 is 0 Å². The van der Waals surface area contributed by atoms with E-state index in [1.54, 1.807) is 0 Å². The van der Waals surface area contributed by atoms with Crippen LogP contribution in [0.25, 0.3) is 89.4 Å². The van der Waals surface area contributed by atoms with Crippen molar-refractivity contribution in [3.63, 3.8) is 0 Å². The van der Waals surface area contributed by atoms with Crippen molar-refractivity contribution in [2.24, 2.45) is 0 Å². The Labute approximate surface area is 301 Å². The van der Waals surface area contributed by atoms with E-state index in [4.69, 9.17) is 19.9 Å². The fourth-order valence-corrected chi connectivity index (χ4v) is 6.76. The Kier molecular flexibility index (Phi) is 7.81. The molecule has 2 heterocycles. The molecule has 7 aromatic carbocycles. The van der Waals surface area contributed by atoms with Gasteiger partial charge in [0, 0.05) is 27.8 Å². The molecule has 0 bridgehead atoms. The number of hydrogen-bond donors (Lipinski definition) is 0. The zero-order valence-corrected chi connectivity index (χ0v) is 28.0. The summed E-state index contributed by atoms with van der Waals surface area (Å²) in [5, 5.41) is 11.6. The van der Waals surface area contributed by atoms with Gasteiger partial charge in [0.25, 0.3) is 0 Å². The van der Waals surface area contributed by atoms with Gasteiger partial charge in [0.15, 0.2) is 5.82 Å². The van der Waals surface area contributed by atoms with Crippen LogP contribution in [0.4, 0.5) is 0 Å². The van der Waals surface area contributed by atoms with Crippen LogP contribution in [-0.4, -0.2) is 19.9 Å². The van der Waals surface area contributed by atoms with E-state index in [1.165, 1.54) is 0 Å². The molecule has 0 aliphatic rings. The zero-order chi connectivity index (χ0) is 34.9. The van der Waals surface area contributed by atoms with Crippen LogP contribution in [0.1, 0.15) is 5.56 Å². The maximum absolute atomic E-state index is 9.43. The number of aromatic nitrogens is 4. The first-order valence-corrected chi connectivity index (χ1v) is 17.1. The van der Waals surface area contributed by atoms with Gasteiger partial charge in [-0.15, -0.1) is 0 Å². The maximum atomic E-state index is 9.43. The standard InChI is InChI=1S/C47H29N5/c48-30-31-22-24-33(25-23-31)45-46(50-42-21-10-9-20-41(42)49-45)40-27-26-37(38-18-7-8-19-39(38)40)35-16-11-17-36(28-35)44-29-43(32-12-3-1-4-13-32)51-47(52-44)34-14-5-2-6-15-34/h1-29H. The first-order chi connectivity index (χ1) is 25.7. The number of para-hydroxylation sites is 2. The van der Waals surface area contributed by atoms with Gasteiger partial charge in [0.1, 0.15) is 0 Å². The van der Waals surface area contributed by atoms with E-state index in [0.717, 1.165) is 83.5 Å². The Hall–Kier alpha value is -7.29. The van der Waals surface area contributed by atoms with Crippen molar-refractivity contribution in [1.29, 1.82) is 5.26 Å². The molecule has 52 heavy (non-hydrogen) atoms. The van der Waals surface area contributed by atoms with E-state index in [2.05, 4.69) is 84.9 Å². The smallest absolute Gasteiger partial charge is 0.160 e. The normalized spacial score (nSPS) is 11.1. The van der Waals surface area contributed by atoms with Crippen LogP contribution in [0.15, 0.2) is 176 Å². The molecule has 0 amide bonds. The predicted molar refractivity (Wildman–Crippen MR) is 210 cm³/mol. The molecule has 0 aliphatic heterocycles. The van der Waals surface area contributed by atoms with Gasteiger partial charge in [-0.2, -0.15) is 5.26 Å². The first kappa shape index (κ1) is 30.7. The molecule has 0 radical (unpaired) electrons. The summed E-state index contributed by atoms with van der Waals surface area (Å²) in [6, 6.07) is 61.5. The Balaban J connectivity index is 1.19. The molecule has 9 rings (SSSR count). The fraction of sp³-hybridized carbons (Fsp3) is 0. The number of nitrogens with zero attached hydrogens (tertiary/aromatic N) is 5. The minimum atomic E-state index is 0.602. The van der Waals surface area contributed by atoms with Crippen molar-refractivity contribution in [1.82, 2.24) is 19.9 Å². The summed E-state index contributed by atoms with van der Waals surface area (Å²) in [5.74, 6) is 0.687. The summed E-state index contributed by atoms with van der Waals surface area (Å²) < 4.78 is 0. The Bertz CT molecular complexity index is 2730. The highest BCUT2D eigenvalue weighted by Crippen LogP contribution is 2.40. The Morgan fingerprint density at radius 3 is 1.60 bits per heavy atom. The quantitative estimate of drug-likeness (QED) is 0.177. The summed E-state index contributed by atoms with van der Waals surface area (Å²) in [6.45, 7) is 0. The van der Waals surface area contributed by atoms with E-state index >= 15 is 0 Å². The van der Waals surface area contributed by atoms with Crippen LogP contribution < -0.4 is 0 Å². The lowest BCUT2D eigenvalue weighted by Gasteiger charge is -2.16. The molecule has 2 aromatic heterocycles. The van der Waals surface area contributed by atoms with Crippen molar-refractivity contribution < 1.29 is 0 Å². The number of hydrogen-bond acceptors (Lipinski definition) is 5. The predicted octanol–water partition coefficient (Wildman–Crippen LogP) is 11.4. The van der Waals surface area contributed by atoms with Gasteiger partial charge in [0.2, 0.25) is 0 Å². The zero-order valence-electron chi connectivity index (χ0n) is 28.0. The van der Waals surface area contributed by atoms with Crippen LogP contribution in [0.5, 0.6) is 0 Å². The minimum Gasteiger partial charge on any atom is -0.244 e. The molecule has 0 unspecified atom stereocenters. The molecule has 0 atom stereocenters. The Morgan fingerprint density at radius 1 is 0.365 bits per heavy atom. The third-order valence-electron chi connectivity index (χ3n) is 9.33. The SMILES string of the molecule is N#Cc1ccc(-c2nc3ccccc3nc2-c2ccc(-c3cccc(-c4cc(-c5ccccc5)nc(-c5ccccc5)n4)c3)c3ccccc23)cc1. The van der Waals surface area contributed by atoms with E-state index < -0.39 is 0 Å². The number of fused-ring (bicyclic) bond motifs is 2. The van der Waals surface area contributed by atoms with Crippen LogP contribution >= 0.6 is 0 Å². The molecule has 0 spiro atoms. The molecule has 242 valence electrons. The van der Waals surface area contributed by atoms with Crippen LogP contribution in [-0.2, 0) is 0 Å². The summed E-state index contributed by atoms with van der Waals surface area (Å²) in [4.78, 5) is 20.4. The molecule has 0 N–H and O–H groups in total. The van der Waals surface area contributed by atoms with Crippen LogP contribution in [0.2, 0.25) is 0 Å². The highest BCUT2D eigenvalue weighted by molar-refractivity contribution is 6.06. The third kappa shape index (κ3) is 5.75. The van der Waals surface area contributed by atoms with Gasteiger partial charge in [-0.3, -0.25) is 0 Å². The lowest BCUT2D eigenvalue weighted by molar-refractivity contribution is 1.18. The van der Waals surface area contributed by atoms with Crippen molar-refractivity contribution in [3.05, 3.63) is 181 Å². The second kappa shape index (κ2) is 13.2. The second-order valence-electron chi connectivity index (χ2n) is 12.6. The van der Waals surface area contributed by atoms with Gasteiger partial charge in [-0.25, -0.2) is 19.9 Å². The number of nitriles is 1. The van der Waals surface area contributed by atoms with Gasteiger partial charge in [-0.05, 0) is 58.3 Å². The van der Waals surface area contributed by atoms with Crippen LogP contribution in [0.3, 0.4) is 0 Å². The monoisotopic (exact) mass is 663 g/mol. The molecule has 5 nitrogen and oxygen atoms in total. The fourth-order valence-electron chi connectivity index (χ4n) is 6.76. The molecule has 5 heteroatoms. The molecular formula is C47H29N5. The molecule has 0 fully saturated rings. The minimum absolute atomic E-state index is 0.602. The average Bonchev–Trinajstić information content (AvgIpc) is 3.23. The lowest BCUT2D eigenvalue weighted by Crippen LogP contribution is -1.97. The number of rotatable bonds is 6. The topological polar surface area (TPSA) is 75.3 Å². The maximum Gasteiger partial charge on any atom is 0.160 e. The van der Waals surface area contributed by atoms with Gasteiger partial charge in [-0.1, -0.05) is 140 Å². The summed E-state index contributed by atoms with van der Waals surface area (Å²) in [7, 11) is 0. The van der Waals surface area contributed by atoms with Gasteiger partial charge < -0.3 is 0 Å². The van der Waals surface area contributed by atoms with Crippen molar-refractivity contribution in [2.75, 3.05) is 0 Å². The van der Waals surface area contributed by atoms with Crippen LogP contribution in [0, 0.1) is 11.3 Å². The van der Waals surface area contributed by atoms with E-state index in [9.17, 15) is 5.26 Å². The highest BCUT2D eigenvalue weighted by Gasteiger charge is 2.18. The molecule has 0 saturated carbocycles. The largest absolute Gasteiger partial charge is 0.244 e. The van der Waals surface area contributed by atoms with E-state index in [1.807, 2.05) is 97.1 Å². The Morgan fingerprint density at radius 2 is 0.904 bits per heavy atom. The third-order valence-corrected chi connectivity index (χ3v) is 9.33. The summed E-state index contributed by atoms with van der Waals surface area (Å²) >= 11 is 0. The lowest BCUT2D eigenvalue weighted by atomic mass is 9.91. The van der Waals surface area contributed by atoms with Crippen molar-refractivity contribution >= 4 is 21.8 Å². The molecule has 0 aliphatic carbocycles. The average molecular weight is 664 g/mol. The molecule has 0 saturated heterocycles.